The second kappa shape index (κ2) is 9.62. The largest absolute Gasteiger partial charge is 0.358 e. The fourth-order valence-corrected chi connectivity index (χ4v) is 4.37. The first-order valence-corrected chi connectivity index (χ1v) is 11.3. The Labute approximate surface area is 203 Å². The molecule has 1 atom stereocenters. The van der Waals surface area contributed by atoms with Crippen molar-refractivity contribution in [3.05, 3.63) is 77.5 Å². The number of aliphatic imine (C=N–C) groups is 1. The fourth-order valence-electron chi connectivity index (χ4n) is 4.37. The Bertz CT molecular complexity index is 1540. The van der Waals surface area contributed by atoms with Crippen LogP contribution in [0, 0.1) is 28.8 Å². The molecule has 1 aliphatic rings. The Kier molecular flexibility index (Phi) is 6.21. The van der Waals surface area contributed by atoms with Gasteiger partial charge in [0.1, 0.15) is 23.4 Å². The minimum atomic E-state index is -0.793. The van der Waals surface area contributed by atoms with Crippen molar-refractivity contribution >= 4 is 28.3 Å². The summed E-state index contributed by atoms with van der Waals surface area (Å²) >= 11 is 0. The molecule has 1 aromatic carbocycles. The first kappa shape index (κ1) is 23.2. The van der Waals surface area contributed by atoms with Gasteiger partial charge in [0.25, 0.3) is 5.91 Å². The Morgan fingerprint density at radius 1 is 1.19 bits per heavy atom. The van der Waals surface area contributed by atoms with Crippen molar-refractivity contribution in [2.45, 2.75) is 31.7 Å². The van der Waals surface area contributed by atoms with Crippen LogP contribution in [0.5, 0.6) is 0 Å². The number of carbonyl (C=O) groups excluding carboxylic acids is 1. The predicted octanol–water partition coefficient (Wildman–Crippen LogP) is 5.36. The average molecular weight is 488 g/mol. The van der Waals surface area contributed by atoms with E-state index in [-0.39, 0.29) is 45.5 Å². The van der Waals surface area contributed by atoms with Gasteiger partial charge in [-0.3, -0.25) is 9.78 Å². The molecule has 180 valence electrons. The number of nitrogens with one attached hydrogen (secondary N) is 2. The standard InChI is InChI=1S/C26H19F3N6O/c27-15-9-18-19(13-32-24(18)20(28)10-15)23-14(12-30)8-21(29)25(35-23)33-16-4-3-5-17(11-16)34-26(36)22-6-1-2-7-31-22/h1-2,6-10,13,17,32H,3-5,11H2,(H,34,36)/b33-16+/t17-/m1/s1. The highest BCUT2D eigenvalue weighted by Crippen LogP contribution is 2.34. The quantitative estimate of drug-likeness (QED) is 0.403. The van der Waals surface area contributed by atoms with Crippen LogP contribution in [0.4, 0.5) is 19.0 Å². The average Bonchev–Trinajstić information content (AvgIpc) is 3.29. The molecular weight excluding hydrogens is 469 g/mol. The molecule has 5 rings (SSSR count). The number of fused-ring (bicyclic) bond motifs is 1. The van der Waals surface area contributed by atoms with Crippen molar-refractivity contribution in [2.75, 3.05) is 0 Å². The first-order chi connectivity index (χ1) is 17.4. The zero-order valence-electron chi connectivity index (χ0n) is 18.9. The van der Waals surface area contributed by atoms with E-state index in [1.807, 2.05) is 6.07 Å². The van der Waals surface area contributed by atoms with E-state index in [4.69, 9.17) is 0 Å². The van der Waals surface area contributed by atoms with E-state index in [0.717, 1.165) is 31.0 Å². The SMILES string of the molecule is N#Cc1cc(F)c(/N=C2\CCC[C@@H](NC(=O)c3ccccn3)C2)nc1-c1c[nH]c2c(F)cc(F)cc12. The lowest BCUT2D eigenvalue weighted by molar-refractivity contribution is 0.0929. The maximum Gasteiger partial charge on any atom is 0.270 e. The van der Waals surface area contributed by atoms with Crippen molar-refractivity contribution in [2.24, 2.45) is 4.99 Å². The van der Waals surface area contributed by atoms with Gasteiger partial charge in [0.05, 0.1) is 16.8 Å². The third kappa shape index (κ3) is 4.55. The highest BCUT2D eigenvalue weighted by Gasteiger charge is 2.23. The number of nitrogens with zero attached hydrogens (tertiary/aromatic N) is 4. The van der Waals surface area contributed by atoms with Crippen LogP contribution in [0.1, 0.15) is 41.7 Å². The number of pyridine rings is 2. The maximum atomic E-state index is 14.9. The molecule has 1 fully saturated rings. The van der Waals surface area contributed by atoms with Crippen LogP contribution < -0.4 is 5.32 Å². The molecule has 1 amide bonds. The number of hydrogen-bond acceptors (Lipinski definition) is 5. The summed E-state index contributed by atoms with van der Waals surface area (Å²) in [4.78, 5) is 27.9. The number of hydrogen-bond donors (Lipinski definition) is 2. The molecule has 2 N–H and O–H groups in total. The lowest BCUT2D eigenvalue weighted by Gasteiger charge is -2.24. The summed E-state index contributed by atoms with van der Waals surface area (Å²) in [6, 6.07) is 9.63. The van der Waals surface area contributed by atoms with E-state index < -0.39 is 17.5 Å². The van der Waals surface area contributed by atoms with E-state index in [1.165, 1.54) is 12.4 Å². The third-order valence-corrected chi connectivity index (χ3v) is 6.04. The molecular formula is C26H19F3N6O. The smallest absolute Gasteiger partial charge is 0.270 e. The molecule has 0 aliphatic heterocycles. The van der Waals surface area contributed by atoms with Gasteiger partial charge in [0, 0.05) is 47.6 Å². The number of carbonyl (C=O) groups is 1. The Balaban J connectivity index is 1.46. The molecule has 3 heterocycles. The normalized spacial score (nSPS) is 16.7. The van der Waals surface area contributed by atoms with E-state index in [1.54, 1.807) is 18.2 Å². The van der Waals surface area contributed by atoms with Crippen LogP contribution in [-0.2, 0) is 0 Å². The van der Waals surface area contributed by atoms with E-state index in [2.05, 4.69) is 25.3 Å². The summed E-state index contributed by atoms with van der Waals surface area (Å²) in [6.45, 7) is 0. The third-order valence-electron chi connectivity index (χ3n) is 6.04. The molecule has 1 saturated carbocycles. The van der Waals surface area contributed by atoms with Crippen LogP contribution in [-0.4, -0.2) is 32.6 Å². The fraction of sp³-hybridized carbons (Fsp3) is 0.192. The lowest BCUT2D eigenvalue weighted by Crippen LogP contribution is -2.38. The topological polar surface area (TPSA) is 107 Å². The molecule has 1 aliphatic carbocycles. The van der Waals surface area contributed by atoms with Gasteiger partial charge in [-0.05, 0) is 43.5 Å². The van der Waals surface area contributed by atoms with Gasteiger partial charge in [-0.2, -0.15) is 5.26 Å². The van der Waals surface area contributed by atoms with Crippen LogP contribution in [0.25, 0.3) is 22.2 Å². The molecule has 4 aromatic rings. The van der Waals surface area contributed by atoms with Gasteiger partial charge in [0.15, 0.2) is 11.6 Å². The first-order valence-electron chi connectivity index (χ1n) is 11.3. The molecule has 0 unspecified atom stereocenters. The minimum Gasteiger partial charge on any atom is -0.358 e. The molecule has 0 radical (unpaired) electrons. The van der Waals surface area contributed by atoms with Gasteiger partial charge in [0.2, 0.25) is 0 Å². The molecule has 0 saturated heterocycles. The van der Waals surface area contributed by atoms with E-state index in [9.17, 15) is 23.2 Å². The number of H-pyrrole nitrogens is 1. The summed E-state index contributed by atoms with van der Waals surface area (Å²) in [5, 5.41) is 12.7. The van der Waals surface area contributed by atoms with Crippen molar-refractivity contribution in [3.8, 4) is 17.3 Å². The molecule has 0 bridgehead atoms. The van der Waals surface area contributed by atoms with Crippen molar-refractivity contribution in [1.82, 2.24) is 20.3 Å². The minimum absolute atomic E-state index is 0.0491. The van der Waals surface area contributed by atoms with Crippen LogP contribution in [0.3, 0.4) is 0 Å². The molecule has 0 spiro atoms. The van der Waals surface area contributed by atoms with Crippen molar-refractivity contribution in [1.29, 1.82) is 5.26 Å². The van der Waals surface area contributed by atoms with Crippen LogP contribution >= 0.6 is 0 Å². The number of rotatable bonds is 4. The number of aromatic amines is 1. The van der Waals surface area contributed by atoms with Gasteiger partial charge in [-0.25, -0.2) is 23.1 Å². The van der Waals surface area contributed by atoms with Gasteiger partial charge in [-0.1, -0.05) is 6.07 Å². The second-order valence-corrected chi connectivity index (χ2v) is 8.47. The van der Waals surface area contributed by atoms with Gasteiger partial charge >= 0.3 is 0 Å². The highest BCUT2D eigenvalue weighted by atomic mass is 19.1. The van der Waals surface area contributed by atoms with Crippen molar-refractivity contribution < 1.29 is 18.0 Å². The number of nitriles is 1. The molecule has 10 heteroatoms. The van der Waals surface area contributed by atoms with Crippen LogP contribution in [0.15, 0.2) is 53.8 Å². The summed E-state index contributed by atoms with van der Waals surface area (Å²) in [5.74, 6) is -2.91. The number of amides is 1. The Morgan fingerprint density at radius 3 is 2.83 bits per heavy atom. The molecule has 7 nitrogen and oxygen atoms in total. The second-order valence-electron chi connectivity index (χ2n) is 8.47. The van der Waals surface area contributed by atoms with Crippen molar-refractivity contribution in [3.63, 3.8) is 0 Å². The summed E-state index contributed by atoms with van der Waals surface area (Å²) in [5.41, 5.74) is 1.22. The monoisotopic (exact) mass is 488 g/mol. The number of benzene rings is 1. The molecule has 3 aromatic heterocycles. The molecule has 36 heavy (non-hydrogen) atoms. The Hall–Kier alpha value is -4.52. The number of halogens is 3. The number of aromatic nitrogens is 3. The van der Waals surface area contributed by atoms with E-state index >= 15 is 0 Å². The highest BCUT2D eigenvalue weighted by molar-refractivity contribution is 5.97. The van der Waals surface area contributed by atoms with Crippen LogP contribution in [0.2, 0.25) is 0 Å². The summed E-state index contributed by atoms with van der Waals surface area (Å²) in [7, 11) is 0. The van der Waals surface area contributed by atoms with E-state index in [0.29, 0.717) is 24.2 Å². The summed E-state index contributed by atoms with van der Waals surface area (Å²) < 4.78 is 42.9. The summed E-state index contributed by atoms with van der Waals surface area (Å²) in [6.07, 6.45) is 5.40. The maximum absolute atomic E-state index is 14.9. The zero-order valence-corrected chi connectivity index (χ0v) is 18.9. The lowest BCUT2D eigenvalue weighted by atomic mass is 9.93. The van der Waals surface area contributed by atoms with Gasteiger partial charge in [-0.15, -0.1) is 0 Å². The predicted molar refractivity (Wildman–Crippen MR) is 127 cm³/mol. The Morgan fingerprint density at radius 2 is 2.06 bits per heavy atom. The zero-order chi connectivity index (χ0) is 25.2. The van der Waals surface area contributed by atoms with Gasteiger partial charge < -0.3 is 10.3 Å².